The van der Waals surface area contributed by atoms with Crippen LogP contribution in [-0.4, -0.2) is 35.9 Å². The highest BCUT2D eigenvalue weighted by Gasteiger charge is 2.09. The summed E-state index contributed by atoms with van der Waals surface area (Å²) in [7, 11) is 0. The quantitative estimate of drug-likeness (QED) is 0.606. The predicted molar refractivity (Wildman–Crippen MR) is 58.7 cm³/mol. The molecule has 74 valence electrons. The smallest absolute Gasteiger partial charge is 0.224 e. The predicted octanol–water partition coefficient (Wildman–Crippen LogP) is 1.61. The van der Waals surface area contributed by atoms with E-state index >= 15 is 0 Å². The molecule has 0 aliphatic heterocycles. The topological polar surface area (TPSA) is 20.3 Å². The number of hydrogen-bond donors (Lipinski definition) is 0. The van der Waals surface area contributed by atoms with E-state index in [1.807, 2.05) is 13.2 Å². The monoisotopic (exact) mass is 199 g/mol. The van der Waals surface area contributed by atoms with Gasteiger partial charge in [-0.1, -0.05) is 12.8 Å². The molecule has 0 radical (unpaired) electrons. The number of rotatable bonds is 6. The van der Waals surface area contributed by atoms with Gasteiger partial charge in [-0.2, -0.15) is 11.8 Å². The van der Waals surface area contributed by atoms with Crippen LogP contribution in [0.4, 0.5) is 0 Å². The van der Waals surface area contributed by atoms with Crippen LogP contribution in [0.5, 0.6) is 0 Å². The third-order valence-corrected chi connectivity index (χ3v) is 2.26. The van der Waals surface area contributed by atoms with Gasteiger partial charge in [0.25, 0.3) is 0 Å². The Balaban J connectivity index is 3.89. The second-order valence-electron chi connectivity index (χ2n) is 2.76. The van der Waals surface area contributed by atoms with Gasteiger partial charge >= 0.3 is 0 Å². The highest BCUT2D eigenvalue weighted by molar-refractivity contribution is 7.98. The Labute approximate surface area is 85.1 Å². The molecule has 0 aromatic carbocycles. The molecule has 0 N–H and O–H groups in total. The largest absolute Gasteiger partial charge is 0.332 e. The number of thioether (sulfide) groups is 1. The lowest BCUT2D eigenvalue weighted by molar-refractivity contribution is -0.130. The van der Waals surface area contributed by atoms with E-state index in [-0.39, 0.29) is 5.91 Å². The minimum atomic E-state index is 0.175. The summed E-state index contributed by atoms with van der Waals surface area (Å²) in [5.41, 5.74) is 0. The van der Waals surface area contributed by atoms with Gasteiger partial charge in [-0.25, -0.2) is 0 Å². The van der Waals surface area contributed by atoms with Gasteiger partial charge in [0.05, 0.1) is 6.54 Å². The summed E-state index contributed by atoms with van der Waals surface area (Å²) in [6.45, 7) is 3.27. The van der Waals surface area contributed by atoms with Gasteiger partial charge in [0.1, 0.15) is 0 Å². The van der Waals surface area contributed by atoms with Crippen molar-refractivity contribution in [3.05, 3.63) is 0 Å². The van der Waals surface area contributed by atoms with E-state index in [4.69, 9.17) is 6.42 Å². The SMILES string of the molecule is C#CCN(CCC)C(=O)CCSC. The lowest BCUT2D eigenvalue weighted by atomic mass is 10.3. The highest BCUT2D eigenvalue weighted by atomic mass is 32.2. The fourth-order valence-corrected chi connectivity index (χ4v) is 1.40. The fourth-order valence-electron chi connectivity index (χ4n) is 1.02. The summed E-state index contributed by atoms with van der Waals surface area (Å²) < 4.78 is 0. The van der Waals surface area contributed by atoms with Crippen LogP contribution in [0.25, 0.3) is 0 Å². The Morgan fingerprint density at radius 1 is 1.62 bits per heavy atom. The molecule has 0 saturated heterocycles. The maximum Gasteiger partial charge on any atom is 0.224 e. The molecule has 0 aromatic heterocycles. The van der Waals surface area contributed by atoms with E-state index in [1.54, 1.807) is 16.7 Å². The lowest BCUT2D eigenvalue weighted by Gasteiger charge is -2.18. The van der Waals surface area contributed by atoms with Crippen molar-refractivity contribution in [2.75, 3.05) is 25.1 Å². The Kier molecular flexibility index (Phi) is 7.62. The second kappa shape index (κ2) is 8.00. The van der Waals surface area contributed by atoms with Crippen molar-refractivity contribution < 1.29 is 4.79 Å². The van der Waals surface area contributed by atoms with Gasteiger partial charge in [-0.15, -0.1) is 6.42 Å². The lowest BCUT2D eigenvalue weighted by Crippen LogP contribution is -2.32. The van der Waals surface area contributed by atoms with E-state index in [9.17, 15) is 4.79 Å². The average molecular weight is 199 g/mol. The summed E-state index contributed by atoms with van der Waals surface area (Å²) in [5, 5.41) is 0. The van der Waals surface area contributed by atoms with Crippen molar-refractivity contribution in [3.8, 4) is 12.3 Å². The first-order valence-electron chi connectivity index (χ1n) is 4.46. The van der Waals surface area contributed by atoms with Crippen molar-refractivity contribution in [1.82, 2.24) is 4.90 Å². The maximum atomic E-state index is 11.5. The Hall–Kier alpha value is -0.620. The summed E-state index contributed by atoms with van der Waals surface area (Å²) in [6.07, 6.45) is 8.74. The van der Waals surface area contributed by atoms with Crippen molar-refractivity contribution in [1.29, 1.82) is 0 Å². The first-order valence-corrected chi connectivity index (χ1v) is 5.85. The molecule has 0 aliphatic rings. The van der Waals surface area contributed by atoms with Gasteiger partial charge in [0.15, 0.2) is 0 Å². The molecule has 2 nitrogen and oxygen atoms in total. The Bertz CT molecular complexity index is 186. The fraction of sp³-hybridized carbons (Fsp3) is 0.700. The molecule has 0 fully saturated rings. The molecule has 0 saturated carbocycles. The summed E-state index contributed by atoms with van der Waals surface area (Å²) in [5.74, 6) is 3.56. The first-order chi connectivity index (χ1) is 6.26. The zero-order valence-electron chi connectivity index (χ0n) is 8.38. The third kappa shape index (κ3) is 5.59. The van der Waals surface area contributed by atoms with Gasteiger partial charge in [-0.3, -0.25) is 4.79 Å². The number of carbonyl (C=O) groups is 1. The Morgan fingerprint density at radius 2 is 2.31 bits per heavy atom. The second-order valence-corrected chi connectivity index (χ2v) is 3.75. The van der Waals surface area contributed by atoms with E-state index in [0.717, 1.165) is 18.7 Å². The molecule has 3 heteroatoms. The molecule has 0 atom stereocenters. The number of carbonyl (C=O) groups excluding carboxylic acids is 1. The van der Waals surface area contributed by atoms with Gasteiger partial charge in [0.2, 0.25) is 5.91 Å². The van der Waals surface area contributed by atoms with E-state index in [1.165, 1.54) is 0 Å². The van der Waals surface area contributed by atoms with E-state index in [0.29, 0.717) is 13.0 Å². The van der Waals surface area contributed by atoms with Crippen LogP contribution in [0.2, 0.25) is 0 Å². The van der Waals surface area contributed by atoms with Crippen molar-refractivity contribution >= 4 is 17.7 Å². The minimum Gasteiger partial charge on any atom is -0.332 e. The molecule has 0 aliphatic carbocycles. The first kappa shape index (κ1) is 12.4. The summed E-state index contributed by atoms with van der Waals surface area (Å²) >= 11 is 1.68. The number of amides is 1. The number of hydrogen-bond acceptors (Lipinski definition) is 2. The van der Waals surface area contributed by atoms with Crippen molar-refractivity contribution in [2.45, 2.75) is 19.8 Å². The van der Waals surface area contributed by atoms with Crippen LogP contribution in [0.1, 0.15) is 19.8 Å². The van der Waals surface area contributed by atoms with Crippen LogP contribution in [0, 0.1) is 12.3 Å². The summed E-state index contributed by atoms with van der Waals surface area (Å²) in [6, 6.07) is 0. The summed E-state index contributed by atoms with van der Waals surface area (Å²) in [4.78, 5) is 13.2. The maximum absolute atomic E-state index is 11.5. The minimum absolute atomic E-state index is 0.175. The molecule has 0 aromatic rings. The molecule has 0 rings (SSSR count). The standard InChI is InChI=1S/C10H17NOS/c1-4-7-11(8-5-2)10(12)6-9-13-3/h1H,5-9H2,2-3H3. The van der Waals surface area contributed by atoms with Gasteiger partial charge < -0.3 is 4.90 Å². The molecule has 0 spiro atoms. The van der Waals surface area contributed by atoms with Crippen LogP contribution in [-0.2, 0) is 4.79 Å². The van der Waals surface area contributed by atoms with Crippen LogP contribution in [0.15, 0.2) is 0 Å². The zero-order valence-corrected chi connectivity index (χ0v) is 9.19. The average Bonchev–Trinajstić information content (AvgIpc) is 2.14. The van der Waals surface area contributed by atoms with Gasteiger partial charge in [0, 0.05) is 18.7 Å². The van der Waals surface area contributed by atoms with Crippen LogP contribution in [0.3, 0.4) is 0 Å². The van der Waals surface area contributed by atoms with Crippen LogP contribution >= 0.6 is 11.8 Å². The molecule has 1 amide bonds. The third-order valence-electron chi connectivity index (χ3n) is 1.65. The number of terminal acetylenes is 1. The molecule has 0 heterocycles. The van der Waals surface area contributed by atoms with Crippen molar-refractivity contribution in [2.24, 2.45) is 0 Å². The van der Waals surface area contributed by atoms with E-state index < -0.39 is 0 Å². The molecular weight excluding hydrogens is 182 g/mol. The van der Waals surface area contributed by atoms with Crippen molar-refractivity contribution in [3.63, 3.8) is 0 Å². The number of nitrogens with zero attached hydrogens (tertiary/aromatic N) is 1. The molecule has 0 unspecified atom stereocenters. The molecular formula is C10H17NOS. The van der Waals surface area contributed by atoms with Crippen LogP contribution < -0.4 is 0 Å². The molecule has 0 bridgehead atoms. The highest BCUT2D eigenvalue weighted by Crippen LogP contribution is 2.01. The van der Waals surface area contributed by atoms with E-state index in [2.05, 4.69) is 5.92 Å². The normalized spacial score (nSPS) is 9.31. The zero-order chi connectivity index (χ0) is 10.1. The Morgan fingerprint density at radius 3 is 2.77 bits per heavy atom. The van der Waals surface area contributed by atoms with Gasteiger partial charge in [-0.05, 0) is 12.7 Å². The molecule has 13 heavy (non-hydrogen) atoms.